The van der Waals surface area contributed by atoms with E-state index in [-0.39, 0.29) is 0 Å². The average Bonchev–Trinajstić information content (AvgIpc) is 3.02. The minimum Gasteiger partial charge on any atom is -0.361 e. The van der Waals surface area contributed by atoms with Gasteiger partial charge in [-0.1, -0.05) is 12.1 Å². The second-order valence-electron chi connectivity index (χ2n) is 5.33. The van der Waals surface area contributed by atoms with Gasteiger partial charge in [0.05, 0.1) is 5.56 Å². The predicted octanol–water partition coefficient (Wildman–Crippen LogP) is 4.98. The fourth-order valence-electron chi connectivity index (χ4n) is 2.33. The third-order valence-corrected chi connectivity index (χ3v) is 3.52. The van der Waals surface area contributed by atoms with Crippen molar-refractivity contribution in [3.05, 3.63) is 72.1 Å². The lowest BCUT2D eigenvalue weighted by Crippen LogP contribution is -2.23. The molecule has 3 rings (SSSR count). The largest absolute Gasteiger partial charge is 0.416 e. The van der Waals surface area contributed by atoms with Crippen LogP contribution in [0.25, 0.3) is 17.0 Å². The fourth-order valence-corrected chi connectivity index (χ4v) is 2.33. The van der Waals surface area contributed by atoms with Gasteiger partial charge in [-0.25, -0.2) is 4.79 Å². The van der Waals surface area contributed by atoms with E-state index in [1.165, 1.54) is 24.4 Å². The maximum absolute atomic E-state index is 12.6. The normalized spacial score (nSPS) is 11.8. The lowest BCUT2D eigenvalue weighted by atomic mass is 10.1. The summed E-state index contributed by atoms with van der Waals surface area (Å²) in [6, 6.07) is 11.6. The Labute approximate surface area is 141 Å². The van der Waals surface area contributed by atoms with Crippen LogP contribution in [-0.2, 0) is 6.18 Å². The summed E-state index contributed by atoms with van der Waals surface area (Å²) in [4.78, 5) is 14.9. The number of rotatable bonds is 3. The molecule has 3 aromatic rings. The number of urea groups is 1. The van der Waals surface area contributed by atoms with Gasteiger partial charge < -0.3 is 15.6 Å². The van der Waals surface area contributed by atoms with Gasteiger partial charge in [0, 0.05) is 29.0 Å². The van der Waals surface area contributed by atoms with E-state index in [4.69, 9.17) is 0 Å². The summed E-state index contributed by atoms with van der Waals surface area (Å²) in [5.74, 6) is 0. The minimum absolute atomic E-state index is 0.337. The molecule has 0 atom stereocenters. The van der Waals surface area contributed by atoms with Crippen molar-refractivity contribution in [1.29, 1.82) is 0 Å². The standard InChI is InChI=1S/C18H14F3N3O/c19-18(20,21)14-3-1-2-12(10-14)6-8-23-17(25)24-15-4-5-16-13(11-15)7-9-22-16/h1-11,22H,(H2,23,24,25)/b8-6+. The van der Waals surface area contributed by atoms with Gasteiger partial charge in [0.15, 0.2) is 0 Å². The Morgan fingerprint density at radius 3 is 2.72 bits per heavy atom. The summed E-state index contributed by atoms with van der Waals surface area (Å²) in [6.07, 6.45) is 0.0850. The van der Waals surface area contributed by atoms with Gasteiger partial charge in [-0.2, -0.15) is 13.2 Å². The first-order valence-corrected chi connectivity index (χ1v) is 7.40. The molecular weight excluding hydrogens is 331 g/mol. The third-order valence-electron chi connectivity index (χ3n) is 3.52. The number of carbonyl (C=O) groups is 1. The van der Waals surface area contributed by atoms with Crippen LogP contribution in [0, 0.1) is 0 Å². The lowest BCUT2D eigenvalue weighted by Gasteiger charge is -2.07. The van der Waals surface area contributed by atoms with Crippen LogP contribution in [0.3, 0.4) is 0 Å². The molecule has 0 aliphatic carbocycles. The molecule has 0 spiro atoms. The van der Waals surface area contributed by atoms with Crippen LogP contribution in [0.2, 0.25) is 0 Å². The molecule has 0 radical (unpaired) electrons. The maximum atomic E-state index is 12.6. The molecule has 2 amide bonds. The smallest absolute Gasteiger partial charge is 0.361 e. The quantitative estimate of drug-likeness (QED) is 0.616. The molecule has 0 saturated heterocycles. The number of anilines is 1. The number of carbonyl (C=O) groups excluding carboxylic acids is 1. The number of aromatic nitrogens is 1. The van der Waals surface area contributed by atoms with Gasteiger partial charge in [-0.05, 0) is 48.0 Å². The van der Waals surface area contributed by atoms with Crippen molar-refractivity contribution in [3.63, 3.8) is 0 Å². The Hall–Kier alpha value is -3.22. The number of hydrogen-bond donors (Lipinski definition) is 3. The monoisotopic (exact) mass is 345 g/mol. The topological polar surface area (TPSA) is 56.9 Å². The molecule has 0 fully saturated rings. The molecule has 0 aliphatic rings. The van der Waals surface area contributed by atoms with Crippen LogP contribution >= 0.6 is 0 Å². The summed E-state index contributed by atoms with van der Waals surface area (Å²) in [6.45, 7) is 0. The van der Waals surface area contributed by atoms with E-state index in [1.54, 1.807) is 12.3 Å². The molecular formula is C18H14F3N3O. The zero-order valence-corrected chi connectivity index (χ0v) is 12.9. The van der Waals surface area contributed by atoms with Crippen LogP contribution in [0.5, 0.6) is 0 Å². The van der Waals surface area contributed by atoms with Crippen LogP contribution in [0.15, 0.2) is 60.9 Å². The van der Waals surface area contributed by atoms with E-state index in [0.29, 0.717) is 11.3 Å². The second-order valence-corrected chi connectivity index (χ2v) is 5.33. The molecule has 7 heteroatoms. The number of alkyl halides is 3. The van der Waals surface area contributed by atoms with Crippen molar-refractivity contribution in [3.8, 4) is 0 Å². The van der Waals surface area contributed by atoms with Crippen LogP contribution in [-0.4, -0.2) is 11.0 Å². The van der Waals surface area contributed by atoms with E-state index in [9.17, 15) is 18.0 Å². The molecule has 25 heavy (non-hydrogen) atoms. The number of benzene rings is 2. The first-order chi connectivity index (χ1) is 11.9. The molecule has 0 unspecified atom stereocenters. The van der Waals surface area contributed by atoms with Crippen molar-refractivity contribution < 1.29 is 18.0 Å². The van der Waals surface area contributed by atoms with Gasteiger partial charge in [-0.15, -0.1) is 0 Å². The number of hydrogen-bond acceptors (Lipinski definition) is 1. The highest BCUT2D eigenvalue weighted by molar-refractivity contribution is 5.93. The Kier molecular flexibility index (Phi) is 4.47. The first-order valence-electron chi connectivity index (χ1n) is 7.40. The van der Waals surface area contributed by atoms with Crippen molar-refractivity contribution in [1.82, 2.24) is 10.3 Å². The summed E-state index contributed by atoms with van der Waals surface area (Å²) >= 11 is 0. The molecule has 0 saturated carbocycles. The number of fused-ring (bicyclic) bond motifs is 1. The Bertz CT molecular complexity index is 928. The van der Waals surface area contributed by atoms with Gasteiger partial charge in [-0.3, -0.25) is 0 Å². The van der Waals surface area contributed by atoms with Crippen molar-refractivity contribution in [2.24, 2.45) is 0 Å². The maximum Gasteiger partial charge on any atom is 0.416 e. The van der Waals surface area contributed by atoms with E-state index >= 15 is 0 Å². The molecule has 4 nitrogen and oxygen atoms in total. The number of aromatic amines is 1. The highest BCUT2D eigenvalue weighted by atomic mass is 19.4. The fraction of sp³-hybridized carbons (Fsp3) is 0.0556. The summed E-state index contributed by atoms with van der Waals surface area (Å²) < 4.78 is 37.9. The van der Waals surface area contributed by atoms with Gasteiger partial charge >= 0.3 is 12.2 Å². The van der Waals surface area contributed by atoms with Gasteiger partial charge in [0.25, 0.3) is 0 Å². The molecule has 2 aromatic carbocycles. The highest BCUT2D eigenvalue weighted by Gasteiger charge is 2.30. The lowest BCUT2D eigenvalue weighted by molar-refractivity contribution is -0.137. The SMILES string of the molecule is O=C(N/C=C/c1cccc(C(F)(F)F)c1)Nc1ccc2[nH]ccc2c1. The second kappa shape index (κ2) is 6.72. The number of halogens is 3. The molecule has 128 valence electrons. The highest BCUT2D eigenvalue weighted by Crippen LogP contribution is 2.29. The Morgan fingerprint density at radius 2 is 1.92 bits per heavy atom. The van der Waals surface area contributed by atoms with Crippen molar-refractivity contribution >= 4 is 28.7 Å². The van der Waals surface area contributed by atoms with Crippen molar-refractivity contribution in [2.75, 3.05) is 5.32 Å². The number of H-pyrrole nitrogens is 1. The van der Waals surface area contributed by atoms with Crippen molar-refractivity contribution in [2.45, 2.75) is 6.18 Å². The number of amides is 2. The summed E-state index contributed by atoms with van der Waals surface area (Å²) in [5.41, 5.74) is 1.16. The zero-order chi connectivity index (χ0) is 17.9. The Morgan fingerprint density at radius 1 is 1.08 bits per heavy atom. The van der Waals surface area contributed by atoms with Crippen LogP contribution in [0.4, 0.5) is 23.7 Å². The van der Waals surface area contributed by atoms with Crippen LogP contribution < -0.4 is 10.6 Å². The van der Waals surface area contributed by atoms with E-state index in [1.807, 2.05) is 18.2 Å². The predicted molar refractivity (Wildman–Crippen MR) is 90.9 cm³/mol. The zero-order valence-electron chi connectivity index (χ0n) is 12.9. The first kappa shape index (κ1) is 16.6. The molecule has 3 N–H and O–H groups in total. The van der Waals surface area contributed by atoms with E-state index in [2.05, 4.69) is 15.6 Å². The average molecular weight is 345 g/mol. The third kappa shape index (κ3) is 4.20. The number of nitrogens with one attached hydrogen (secondary N) is 3. The Balaban J connectivity index is 1.61. The van der Waals surface area contributed by atoms with E-state index in [0.717, 1.165) is 23.0 Å². The minimum atomic E-state index is -4.40. The molecule has 0 aliphatic heterocycles. The van der Waals surface area contributed by atoms with Crippen LogP contribution in [0.1, 0.15) is 11.1 Å². The summed E-state index contributed by atoms with van der Waals surface area (Å²) in [7, 11) is 0. The van der Waals surface area contributed by atoms with Gasteiger partial charge in [0.1, 0.15) is 0 Å². The molecule has 1 heterocycles. The van der Waals surface area contributed by atoms with Gasteiger partial charge in [0.2, 0.25) is 0 Å². The molecule has 0 bridgehead atoms. The summed E-state index contributed by atoms with van der Waals surface area (Å²) in [5, 5.41) is 6.07. The van der Waals surface area contributed by atoms with E-state index < -0.39 is 17.8 Å². The molecule has 1 aromatic heterocycles.